The van der Waals surface area contributed by atoms with Crippen LogP contribution in [0.2, 0.25) is 0 Å². The lowest BCUT2D eigenvalue weighted by molar-refractivity contribution is -0.232. The molecule has 4 atom stereocenters. The Morgan fingerprint density at radius 3 is 2.60 bits per heavy atom. The lowest BCUT2D eigenvalue weighted by atomic mass is 10.1. The number of benzene rings is 1. The first-order valence-corrected chi connectivity index (χ1v) is 6.71. The van der Waals surface area contributed by atoms with Crippen molar-refractivity contribution in [3.8, 4) is 0 Å². The molecule has 0 radical (unpaired) electrons. The third-order valence-corrected chi connectivity index (χ3v) is 3.44. The van der Waals surface area contributed by atoms with Crippen LogP contribution in [0.5, 0.6) is 0 Å². The maximum atomic E-state index is 11.1. The molecular formula is C15H18O5. The van der Waals surface area contributed by atoms with E-state index in [4.69, 9.17) is 18.9 Å². The van der Waals surface area contributed by atoms with Crippen molar-refractivity contribution in [2.24, 2.45) is 0 Å². The van der Waals surface area contributed by atoms with Crippen molar-refractivity contribution in [2.45, 2.75) is 50.8 Å². The second-order valence-corrected chi connectivity index (χ2v) is 5.47. The van der Waals surface area contributed by atoms with E-state index in [1.54, 1.807) is 0 Å². The van der Waals surface area contributed by atoms with Crippen LogP contribution < -0.4 is 0 Å². The number of carbonyl (C=O) groups excluding carboxylic acids is 1. The van der Waals surface area contributed by atoms with E-state index in [0.29, 0.717) is 6.61 Å². The highest BCUT2D eigenvalue weighted by atomic mass is 16.8. The Balaban J connectivity index is 1.66. The minimum Gasteiger partial charge on any atom is -0.345 e. The van der Waals surface area contributed by atoms with Gasteiger partial charge < -0.3 is 23.7 Å². The molecule has 2 heterocycles. The zero-order chi connectivity index (χ0) is 14.2. The molecule has 2 aliphatic heterocycles. The first-order chi connectivity index (χ1) is 9.59. The van der Waals surface area contributed by atoms with Crippen LogP contribution in [0, 0.1) is 0 Å². The maximum absolute atomic E-state index is 11.1. The van der Waals surface area contributed by atoms with Crippen LogP contribution in [0.3, 0.4) is 0 Å². The SMILES string of the molecule is CC1(C)O[C@H]2[C@H](OCc3ccccc3)O[C@@H](C=O)[C@H]2O1. The molecule has 5 heteroatoms. The molecule has 0 spiro atoms. The quantitative estimate of drug-likeness (QED) is 0.784. The summed E-state index contributed by atoms with van der Waals surface area (Å²) in [4.78, 5) is 11.1. The van der Waals surface area contributed by atoms with E-state index < -0.39 is 24.3 Å². The van der Waals surface area contributed by atoms with E-state index in [1.165, 1.54) is 0 Å². The van der Waals surface area contributed by atoms with Gasteiger partial charge in [-0.3, -0.25) is 0 Å². The van der Waals surface area contributed by atoms with Crippen molar-refractivity contribution in [1.29, 1.82) is 0 Å². The predicted octanol–water partition coefficient (Wildman–Crippen LogP) is 1.65. The van der Waals surface area contributed by atoms with Gasteiger partial charge in [-0.05, 0) is 19.4 Å². The minimum atomic E-state index is -0.714. The van der Waals surface area contributed by atoms with Gasteiger partial charge in [-0.1, -0.05) is 30.3 Å². The largest absolute Gasteiger partial charge is 0.345 e. The normalized spacial score (nSPS) is 34.9. The van der Waals surface area contributed by atoms with Gasteiger partial charge in [0.15, 0.2) is 18.4 Å². The van der Waals surface area contributed by atoms with E-state index in [0.717, 1.165) is 11.8 Å². The number of aldehydes is 1. The molecule has 5 nitrogen and oxygen atoms in total. The van der Waals surface area contributed by atoms with Gasteiger partial charge in [-0.2, -0.15) is 0 Å². The Kier molecular flexibility index (Phi) is 3.60. The van der Waals surface area contributed by atoms with Gasteiger partial charge in [0.2, 0.25) is 0 Å². The third-order valence-electron chi connectivity index (χ3n) is 3.44. The third kappa shape index (κ3) is 2.62. The van der Waals surface area contributed by atoms with Crippen molar-refractivity contribution >= 4 is 6.29 Å². The van der Waals surface area contributed by atoms with Gasteiger partial charge in [-0.15, -0.1) is 0 Å². The van der Waals surface area contributed by atoms with Crippen molar-refractivity contribution < 1.29 is 23.7 Å². The summed E-state index contributed by atoms with van der Waals surface area (Å²) >= 11 is 0. The molecule has 0 aliphatic carbocycles. The lowest BCUT2D eigenvalue weighted by Crippen LogP contribution is -2.31. The highest BCUT2D eigenvalue weighted by Gasteiger charge is 2.55. The maximum Gasteiger partial charge on any atom is 0.187 e. The van der Waals surface area contributed by atoms with Gasteiger partial charge >= 0.3 is 0 Å². The van der Waals surface area contributed by atoms with E-state index in [9.17, 15) is 4.79 Å². The fraction of sp³-hybridized carbons (Fsp3) is 0.533. The fourth-order valence-electron chi connectivity index (χ4n) is 2.59. The summed E-state index contributed by atoms with van der Waals surface area (Å²) in [6.45, 7) is 4.05. The van der Waals surface area contributed by atoms with Crippen LogP contribution in [-0.2, 0) is 30.3 Å². The van der Waals surface area contributed by atoms with Gasteiger partial charge in [0.25, 0.3) is 0 Å². The molecule has 0 N–H and O–H groups in total. The zero-order valence-electron chi connectivity index (χ0n) is 11.5. The molecule has 2 saturated heterocycles. The lowest BCUT2D eigenvalue weighted by Gasteiger charge is -2.22. The van der Waals surface area contributed by atoms with Crippen LogP contribution in [0.1, 0.15) is 19.4 Å². The van der Waals surface area contributed by atoms with Crippen molar-refractivity contribution in [3.63, 3.8) is 0 Å². The summed E-state index contributed by atoms with van der Waals surface area (Å²) in [7, 11) is 0. The van der Waals surface area contributed by atoms with Gasteiger partial charge in [0.1, 0.15) is 18.3 Å². The molecule has 0 unspecified atom stereocenters. The molecular weight excluding hydrogens is 260 g/mol. The van der Waals surface area contributed by atoms with Crippen molar-refractivity contribution in [2.75, 3.05) is 0 Å². The van der Waals surface area contributed by atoms with Crippen LogP contribution in [0.15, 0.2) is 30.3 Å². The average molecular weight is 278 g/mol. The van der Waals surface area contributed by atoms with Crippen LogP contribution in [0.4, 0.5) is 0 Å². The Morgan fingerprint density at radius 2 is 1.90 bits per heavy atom. The summed E-state index contributed by atoms with van der Waals surface area (Å²) in [5.41, 5.74) is 1.04. The van der Waals surface area contributed by atoms with E-state index in [-0.39, 0.29) is 6.10 Å². The number of hydrogen-bond donors (Lipinski definition) is 0. The minimum absolute atomic E-state index is 0.371. The van der Waals surface area contributed by atoms with E-state index >= 15 is 0 Å². The molecule has 1 aromatic carbocycles. The topological polar surface area (TPSA) is 54.0 Å². The Labute approximate surface area is 117 Å². The fourth-order valence-corrected chi connectivity index (χ4v) is 2.59. The summed E-state index contributed by atoms with van der Waals surface area (Å²) in [5, 5.41) is 0. The monoisotopic (exact) mass is 278 g/mol. The molecule has 3 rings (SSSR count). The van der Waals surface area contributed by atoms with Crippen LogP contribution >= 0.6 is 0 Å². The number of fused-ring (bicyclic) bond motifs is 1. The molecule has 0 aromatic heterocycles. The number of carbonyl (C=O) groups is 1. The van der Waals surface area contributed by atoms with Gasteiger partial charge in [-0.25, -0.2) is 0 Å². The summed E-state index contributed by atoms with van der Waals surface area (Å²) in [6.07, 6.45) is -1.25. The van der Waals surface area contributed by atoms with Crippen LogP contribution in [0.25, 0.3) is 0 Å². The van der Waals surface area contributed by atoms with Crippen LogP contribution in [-0.4, -0.2) is 36.7 Å². The molecule has 2 aliphatic rings. The van der Waals surface area contributed by atoms with E-state index in [2.05, 4.69) is 0 Å². The van der Waals surface area contributed by atoms with Gasteiger partial charge in [0.05, 0.1) is 6.61 Å². The molecule has 20 heavy (non-hydrogen) atoms. The summed E-state index contributed by atoms with van der Waals surface area (Å²) in [6, 6.07) is 9.79. The second-order valence-electron chi connectivity index (χ2n) is 5.47. The molecule has 2 fully saturated rings. The first-order valence-electron chi connectivity index (χ1n) is 6.71. The Morgan fingerprint density at radius 1 is 1.20 bits per heavy atom. The zero-order valence-corrected chi connectivity index (χ0v) is 11.5. The Bertz CT molecular complexity index is 472. The summed E-state index contributed by atoms with van der Waals surface area (Å²) < 4.78 is 22.8. The first kappa shape index (κ1) is 13.7. The standard InChI is InChI=1S/C15H18O5/c1-15(2)19-12-11(8-16)18-14(13(12)20-15)17-9-10-6-4-3-5-7-10/h3-8,11-14H,9H2,1-2H3/t11-,12+,13+,14+/m0/s1. The molecule has 1 aromatic rings. The molecule has 108 valence electrons. The number of hydrogen-bond acceptors (Lipinski definition) is 5. The number of rotatable bonds is 4. The highest BCUT2D eigenvalue weighted by Crippen LogP contribution is 2.38. The van der Waals surface area contributed by atoms with Crippen molar-refractivity contribution in [3.05, 3.63) is 35.9 Å². The van der Waals surface area contributed by atoms with E-state index in [1.807, 2.05) is 44.2 Å². The molecule has 0 bridgehead atoms. The number of ether oxygens (including phenoxy) is 4. The highest BCUT2D eigenvalue weighted by molar-refractivity contribution is 5.58. The van der Waals surface area contributed by atoms with Crippen molar-refractivity contribution in [1.82, 2.24) is 0 Å². The molecule has 0 amide bonds. The smallest absolute Gasteiger partial charge is 0.187 e. The Hall–Kier alpha value is -1.27. The average Bonchev–Trinajstić information content (AvgIpc) is 2.91. The molecule has 0 saturated carbocycles. The second kappa shape index (κ2) is 5.26. The summed E-state index contributed by atoms with van der Waals surface area (Å²) in [5.74, 6) is -0.714. The van der Waals surface area contributed by atoms with Gasteiger partial charge in [0, 0.05) is 0 Å². The predicted molar refractivity (Wildman–Crippen MR) is 69.8 cm³/mol.